The van der Waals surface area contributed by atoms with Gasteiger partial charge in [-0.3, -0.25) is 0 Å². The first-order valence-corrected chi connectivity index (χ1v) is 21.1. The van der Waals surface area contributed by atoms with Crippen LogP contribution >= 0.6 is 0 Å². The van der Waals surface area contributed by atoms with Gasteiger partial charge in [0.1, 0.15) is 5.82 Å². The number of para-hydroxylation sites is 2. The van der Waals surface area contributed by atoms with Gasteiger partial charge in [0.15, 0.2) is 11.6 Å². The van der Waals surface area contributed by atoms with Crippen LogP contribution in [0.4, 0.5) is 0 Å². The lowest BCUT2D eigenvalue weighted by Crippen LogP contribution is -2.09. The van der Waals surface area contributed by atoms with Crippen LogP contribution in [0.15, 0.2) is 212 Å². The predicted molar refractivity (Wildman–Crippen MR) is 254 cm³/mol. The van der Waals surface area contributed by atoms with E-state index in [1.165, 1.54) is 27.1 Å². The minimum atomic E-state index is -0.0100. The van der Waals surface area contributed by atoms with Crippen molar-refractivity contribution < 1.29 is 0 Å². The quantitative estimate of drug-likeness (QED) is 0.161. The summed E-state index contributed by atoms with van der Waals surface area (Å²) < 4.78 is 4.87. The van der Waals surface area contributed by atoms with Crippen molar-refractivity contribution in [3.63, 3.8) is 0 Å². The maximum absolute atomic E-state index is 5.13. The number of hydrogen-bond acceptors (Lipinski definition) is 4. The van der Waals surface area contributed by atoms with Crippen molar-refractivity contribution in [3.05, 3.63) is 218 Å². The second kappa shape index (κ2) is 14.8. The Labute approximate surface area is 358 Å². The average Bonchev–Trinajstić information content (AvgIpc) is 3.88. The standard InChI is InChI=1S/C56H38N6/c1-4-16-37(17-5-1)47-26-15-27-48(57-47)41-22-14-23-43(36-41)62-49-28-12-10-24-44(49)45-34-35-51-52(53(45)62)46-25-11-13-29-50(46)61(51)42-32-30-40(31-33-42)56-59-54(38-18-6-2-7-19-38)58-55(60-56)39-20-8-3-9-21-39/h1-30,32-36,40H,31H2. The molecule has 7 aromatic carbocycles. The third-order valence-corrected chi connectivity index (χ3v) is 12.1. The molecule has 0 saturated heterocycles. The van der Waals surface area contributed by atoms with Gasteiger partial charge in [0.25, 0.3) is 0 Å². The van der Waals surface area contributed by atoms with Crippen LogP contribution in [0.3, 0.4) is 0 Å². The van der Waals surface area contributed by atoms with Gasteiger partial charge in [-0.05, 0) is 55.0 Å². The normalized spacial score (nSPS) is 13.9. The highest BCUT2D eigenvalue weighted by atomic mass is 15.0. The second-order valence-corrected chi connectivity index (χ2v) is 15.8. The number of pyridine rings is 1. The second-order valence-electron chi connectivity index (χ2n) is 15.8. The molecule has 12 rings (SSSR count). The van der Waals surface area contributed by atoms with E-state index in [0.29, 0.717) is 11.6 Å². The lowest BCUT2D eigenvalue weighted by atomic mass is 9.98. The zero-order valence-corrected chi connectivity index (χ0v) is 33.7. The minimum Gasteiger partial charge on any atom is -0.309 e. The first-order valence-electron chi connectivity index (χ1n) is 21.1. The molecule has 0 N–H and O–H groups in total. The van der Waals surface area contributed by atoms with Crippen LogP contribution in [0, 0.1) is 0 Å². The van der Waals surface area contributed by atoms with E-state index >= 15 is 0 Å². The van der Waals surface area contributed by atoms with Crippen molar-refractivity contribution in [1.82, 2.24) is 29.1 Å². The maximum Gasteiger partial charge on any atom is 0.163 e. The smallest absolute Gasteiger partial charge is 0.163 e. The van der Waals surface area contributed by atoms with Gasteiger partial charge in [-0.15, -0.1) is 0 Å². The molecule has 0 aliphatic heterocycles. The molecule has 0 saturated carbocycles. The summed E-state index contributed by atoms with van der Waals surface area (Å²) in [6.07, 6.45) is 7.59. The highest BCUT2D eigenvalue weighted by Gasteiger charge is 2.24. The number of benzene rings is 7. The Morgan fingerprint density at radius 3 is 1.68 bits per heavy atom. The molecular weight excluding hydrogens is 757 g/mol. The van der Waals surface area contributed by atoms with Gasteiger partial charge < -0.3 is 9.13 Å². The SMILES string of the molecule is C1=CC(c2nc(-c3ccccc3)nc(-c3ccccc3)n2)CC=C1n1c2ccccc2c2c1ccc1c3ccccc3n(-c3cccc(-c4cccc(-c5ccccc5)n4)c3)c12. The van der Waals surface area contributed by atoms with Crippen LogP contribution in [0.2, 0.25) is 0 Å². The fourth-order valence-electron chi connectivity index (χ4n) is 9.18. The predicted octanol–water partition coefficient (Wildman–Crippen LogP) is 13.7. The van der Waals surface area contributed by atoms with Gasteiger partial charge in [0.2, 0.25) is 0 Å². The molecule has 292 valence electrons. The number of rotatable bonds is 7. The molecule has 4 aromatic heterocycles. The van der Waals surface area contributed by atoms with Crippen LogP contribution in [-0.4, -0.2) is 29.1 Å². The summed E-state index contributed by atoms with van der Waals surface area (Å²) in [4.78, 5) is 20.2. The molecule has 0 radical (unpaired) electrons. The molecule has 4 heterocycles. The van der Waals surface area contributed by atoms with E-state index in [1.54, 1.807) is 0 Å². The van der Waals surface area contributed by atoms with Crippen molar-refractivity contribution in [2.45, 2.75) is 12.3 Å². The molecule has 6 nitrogen and oxygen atoms in total. The van der Waals surface area contributed by atoms with E-state index in [2.05, 4.69) is 179 Å². The van der Waals surface area contributed by atoms with Gasteiger partial charge in [0, 0.05) is 61.1 Å². The van der Waals surface area contributed by atoms with E-state index < -0.39 is 0 Å². The van der Waals surface area contributed by atoms with Crippen LogP contribution < -0.4 is 0 Å². The average molecular weight is 795 g/mol. The highest BCUT2D eigenvalue weighted by Crippen LogP contribution is 2.43. The number of allylic oxidation sites excluding steroid dienone is 4. The molecular formula is C56H38N6. The fraction of sp³-hybridized carbons (Fsp3) is 0.0357. The Hall–Kier alpha value is -8.22. The van der Waals surface area contributed by atoms with Crippen molar-refractivity contribution in [2.75, 3.05) is 0 Å². The molecule has 1 aliphatic rings. The van der Waals surface area contributed by atoms with Crippen LogP contribution in [0.1, 0.15) is 18.2 Å². The van der Waals surface area contributed by atoms with Crippen molar-refractivity contribution in [1.29, 1.82) is 0 Å². The summed E-state index contributed by atoms with van der Waals surface area (Å²) in [6, 6.07) is 68.0. The lowest BCUT2D eigenvalue weighted by molar-refractivity contribution is 0.763. The minimum absolute atomic E-state index is 0.0100. The molecule has 0 bridgehead atoms. The third-order valence-electron chi connectivity index (χ3n) is 12.1. The topological polar surface area (TPSA) is 61.4 Å². The molecule has 0 amide bonds. The molecule has 11 aromatic rings. The summed E-state index contributed by atoms with van der Waals surface area (Å²) in [5.41, 5.74) is 12.9. The summed E-state index contributed by atoms with van der Waals surface area (Å²) in [7, 11) is 0. The van der Waals surface area contributed by atoms with Crippen LogP contribution in [-0.2, 0) is 0 Å². The Morgan fingerprint density at radius 2 is 1.00 bits per heavy atom. The van der Waals surface area contributed by atoms with E-state index in [-0.39, 0.29) is 5.92 Å². The van der Waals surface area contributed by atoms with Gasteiger partial charge >= 0.3 is 0 Å². The maximum atomic E-state index is 5.13. The van der Waals surface area contributed by atoms with Crippen LogP contribution in [0.5, 0.6) is 0 Å². The van der Waals surface area contributed by atoms with E-state index in [9.17, 15) is 0 Å². The summed E-state index contributed by atoms with van der Waals surface area (Å²) in [5.74, 6) is 2.12. The molecule has 1 atom stereocenters. The molecule has 1 unspecified atom stereocenters. The first kappa shape index (κ1) is 35.7. The monoisotopic (exact) mass is 794 g/mol. The van der Waals surface area contributed by atoms with Gasteiger partial charge in [-0.1, -0.05) is 164 Å². The van der Waals surface area contributed by atoms with Crippen molar-refractivity contribution in [3.8, 4) is 51.0 Å². The van der Waals surface area contributed by atoms with Crippen LogP contribution in [0.25, 0.3) is 100 Å². The Bertz CT molecular complexity index is 3490. The zero-order valence-electron chi connectivity index (χ0n) is 33.7. The summed E-state index contributed by atoms with van der Waals surface area (Å²) >= 11 is 0. The van der Waals surface area contributed by atoms with Gasteiger partial charge in [-0.25, -0.2) is 19.9 Å². The highest BCUT2D eigenvalue weighted by molar-refractivity contribution is 6.26. The Morgan fingerprint density at radius 1 is 0.419 bits per heavy atom. The number of nitrogens with zero attached hydrogens (tertiary/aromatic N) is 6. The van der Waals surface area contributed by atoms with E-state index in [0.717, 1.165) is 73.8 Å². The molecule has 0 spiro atoms. The number of hydrogen-bond donors (Lipinski definition) is 0. The lowest BCUT2D eigenvalue weighted by Gasteiger charge is -2.18. The van der Waals surface area contributed by atoms with Crippen molar-refractivity contribution in [2.24, 2.45) is 0 Å². The molecule has 62 heavy (non-hydrogen) atoms. The summed E-state index contributed by atoms with van der Waals surface area (Å²) in [5, 5.41) is 4.87. The number of aromatic nitrogens is 6. The molecule has 1 aliphatic carbocycles. The van der Waals surface area contributed by atoms with Gasteiger partial charge in [0.05, 0.1) is 33.5 Å². The Kier molecular flexibility index (Phi) is 8.52. The van der Waals surface area contributed by atoms with E-state index in [4.69, 9.17) is 19.9 Å². The molecule has 6 heteroatoms. The number of fused-ring (bicyclic) bond motifs is 7. The Balaban J connectivity index is 0.990. The van der Waals surface area contributed by atoms with Gasteiger partial charge in [-0.2, -0.15) is 0 Å². The largest absolute Gasteiger partial charge is 0.309 e. The molecule has 0 fully saturated rings. The summed E-state index contributed by atoms with van der Waals surface area (Å²) in [6.45, 7) is 0. The van der Waals surface area contributed by atoms with Crippen molar-refractivity contribution >= 4 is 49.3 Å². The first-order chi connectivity index (χ1) is 30.7. The fourth-order valence-corrected chi connectivity index (χ4v) is 9.18. The third kappa shape index (κ3) is 6.03. The van der Waals surface area contributed by atoms with E-state index in [1.807, 2.05) is 42.5 Å². The zero-order chi connectivity index (χ0) is 41.0.